The molecule has 0 aromatic carbocycles. The molecule has 6 heteroatoms. The van der Waals surface area contributed by atoms with E-state index in [2.05, 4.69) is 9.88 Å². The van der Waals surface area contributed by atoms with Crippen molar-refractivity contribution in [2.24, 2.45) is 5.41 Å². The fourth-order valence-electron chi connectivity index (χ4n) is 4.17. The smallest absolute Gasteiger partial charge is 0.257 e. The van der Waals surface area contributed by atoms with Crippen molar-refractivity contribution in [3.63, 3.8) is 0 Å². The maximum atomic E-state index is 14.9. The topological polar surface area (TPSA) is 32.5 Å². The van der Waals surface area contributed by atoms with Crippen molar-refractivity contribution in [1.82, 2.24) is 9.88 Å². The molecule has 0 N–H and O–H groups in total. The number of alkyl halides is 2. The number of rotatable bonds is 3. The Labute approximate surface area is 146 Å². The zero-order chi connectivity index (χ0) is 17.5. The molecule has 1 unspecified atom stereocenters. The number of hydrogen-bond donors (Lipinski definition) is 0. The summed E-state index contributed by atoms with van der Waals surface area (Å²) in [4.78, 5) is 8.28. The molecule has 4 nitrogen and oxygen atoms in total. The molecular formula is C19H23F2N3O. The monoisotopic (exact) mass is 347 g/mol. The van der Waals surface area contributed by atoms with Gasteiger partial charge in [0, 0.05) is 38.8 Å². The van der Waals surface area contributed by atoms with Crippen molar-refractivity contribution in [1.29, 1.82) is 0 Å². The number of likely N-dealkylation sites (tertiary alicyclic amines) is 1. The Morgan fingerprint density at radius 2 is 2.04 bits per heavy atom. The van der Waals surface area contributed by atoms with Gasteiger partial charge in [0.05, 0.1) is 23.8 Å². The number of pyridine rings is 1. The maximum Gasteiger partial charge on any atom is 0.257 e. The molecule has 0 amide bonds. The van der Waals surface area contributed by atoms with Gasteiger partial charge in [-0.1, -0.05) is 0 Å². The van der Waals surface area contributed by atoms with E-state index in [1.165, 1.54) is 0 Å². The standard InChI is InChI=1S/C19H23F2N3O/c1-15-4-5-17(25-15)12-23-9-7-19(20,21)18(13-23)6-10-24(14-18)16-3-2-8-22-11-16/h2-5,8,11H,6-7,9-10,12-14H2,1H3. The van der Waals surface area contributed by atoms with Crippen molar-refractivity contribution >= 4 is 5.69 Å². The highest BCUT2D eigenvalue weighted by molar-refractivity contribution is 5.45. The fourth-order valence-corrected chi connectivity index (χ4v) is 4.17. The number of nitrogens with zero attached hydrogens (tertiary/aromatic N) is 3. The van der Waals surface area contributed by atoms with Crippen LogP contribution < -0.4 is 4.90 Å². The van der Waals surface area contributed by atoms with Crippen LogP contribution in [-0.2, 0) is 6.54 Å². The molecule has 0 aliphatic carbocycles. The van der Waals surface area contributed by atoms with E-state index in [4.69, 9.17) is 4.42 Å². The molecule has 2 aromatic rings. The van der Waals surface area contributed by atoms with Crippen LogP contribution in [0.1, 0.15) is 24.4 Å². The second-order valence-electron chi connectivity index (χ2n) is 7.34. The summed E-state index contributed by atoms with van der Waals surface area (Å²) in [6.45, 7) is 4.32. The van der Waals surface area contributed by atoms with E-state index in [1.807, 2.05) is 36.1 Å². The largest absolute Gasteiger partial charge is 0.465 e. The minimum Gasteiger partial charge on any atom is -0.465 e. The minimum absolute atomic E-state index is 0.0897. The average molecular weight is 347 g/mol. The van der Waals surface area contributed by atoms with Crippen LogP contribution in [0.3, 0.4) is 0 Å². The quantitative estimate of drug-likeness (QED) is 0.847. The lowest BCUT2D eigenvalue weighted by Gasteiger charge is -2.45. The first-order valence-corrected chi connectivity index (χ1v) is 8.78. The Balaban J connectivity index is 1.52. The SMILES string of the molecule is Cc1ccc(CN2CCC(F)(F)C3(CCN(c4cccnc4)C3)C2)o1. The van der Waals surface area contributed by atoms with Crippen molar-refractivity contribution in [3.05, 3.63) is 48.2 Å². The second-order valence-corrected chi connectivity index (χ2v) is 7.34. The van der Waals surface area contributed by atoms with E-state index in [0.717, 1.165) is 17.2 Å². The Morgan fingerprint density at radius 1 is 1.16 bits per heavy atom. The van der Waals surface area contributed by atoms with Crippen LogP contribution in [0.15, 0.2) is 41.1 Å². The van der Waals surface area contributed by atoms with Crippen molar-refractivity contribution in [2.45, 2.75) is 32.2 Å². The van der Waals surface area contributed by atoms with E-state index in [1.54, 1.807) is 12.4 Å². The summed E-state index contributed by atoms with van der Waals surface area (Å²) >= 11 is 0. The molecule has 1 atom stereocenters. The van der Waals surface area contributed by atoms with Crippen LogP contribution in [0, 0.1) is 12.3 Å². The van der Waals surface area contributed by atoms with Crippen LogP contribution in [0.4, 0.5) is 14.5 Å². The first-order valence-electron chi connectivity index (χ1n) is 8.78. The molecule has 0 saturated carbocycles. The van der Waals surface area contributed by atoms with Crippen LogP contribution >= 0.6 is 0 Å². The van der Waals surface area contributed by atoms with Crippen LogP contribution in [0.25, 0.3) is 0 Å². The third-order valence-electron chi connectivity index (χ3n) is 5.58. The average Bonchev–Trinajstić information content (AvgIpc) is 3.20. The highest BCUT2D eigenvalue weighted by Crippen LogP contribution is 2.50. The summed E-state index contributed by atoms with van der Waals surface area (Å²) < 4.78 is 35.4. The number of aromatic nitrogens is 1. The Hall–Kier alpha value is -1.95. The first kappa shape index (κ1) is 16.5. The van der Waals surface area contributed by atoms with Gasteiger partial charge < -0.3 is 9.32 Å². The van der Waals surface area contributed by atoms with Gasteiger partial charge in [0.1, 0.15) is 11.5 Å². The predicted molar refractivity (Wildman–Crippen MR) is 91.8 cm³/mol. The van der Waals surface area contributed by atoms with Gasteiger partial charge in [-0.2, -0.15) is 0 Å². The Bertz CT molecular complexity index is 733. The molecule has 4 rings (SSSR count). The molecule has 2 aromatic heterocycles. The molecule has 2 fully saturated rings. The normalized spacial score (nSPS) is 26.4. The van der Waals surface area contributed by atoms with Crippen molar-refractivity contribution in [3.8, 4) is 0 Å². The summed E-state index contributed by atoms with van der Waals surface area (Å²) in [5.74, 6) is -0.935. The molecule has 134 valence electrons. The van der Waals surface area contributed by atoms with E-state index in [-0.39, 0.29) is 6.42 Å². The fraction of sp³-hybridized carbons (Fsp3) is 0.526. The van der Waals surface area contributed by atoms with Gasteiger partial charge >= 0.3 is 0 Å². The third-order valence-corrected chi connectivity index (χ3v) is 5.58. The summed E-state index contributed by atoms with van der Waals surface area (Å²) in [5.41, 5.74) is -0.0723. The van der Waals surface area contributed by atoms with Crippen molar-refractivity contribution in [2.75, 3.05) is 31.1 Å². The molecule has 2 saturated heterocycles. The van der Waals surface area contributed by atoms with Gasteiger partial charge in [-0.15, -0.1) is 0 Å². The Morgan fingerprint density at radius 3 is 2.76 bits per heavy atom. The molecule has 0 bridgehead atoms. The number of piperidine rings is 1. The van der Waals surface area contributed by atoms with Gasteiger partial charge in [0.15, 0.2) is 0 Å². The van der Waals surface area contributed by atoms with Gasteiger partial charge in [0.25, 0.3) is 5.92 Å². The van der Waals surface area contributed by atoms with Gasteiger partial charge in [-0.25, -0.2) is 8.78 Å². The molecule has 1 spiro atoms. The summed E-state index contributed by atoms with van der Waals surface area (Å²) in [6, 6.07) is 7.65. The number of hydrogen-bond acceptors (Lipinski definition) is 4. The summed E-state index contributed by atoms with van der Waals surface area (Å²) in [7, 11) is 0. The lowest BCUT2D eigenvalue weighted by molar-refractivity contribution is -0.159. The Kier molecular flexibility index (Phi) is 4.02. The highest BCUT2D eigenvalue weighted by atomic mass is 19.3. The van der Waals surface area contributed by atoms with Gasteiger partial charge in [0.2, 0.25) is 0 Å². The van der Waals surface area contributed by atoms with E-state index in [0.29, 0.717) is 39.1 Å². The number of aryl methyl sites for hydroxylation is 1. The maximum absolute atomic E-state index is 14.9. The van der Waals surface area contributed by atoms with Gasteiger partial charge in [-0.05, 0) is 37.6 Å². The summed E-state index contributed by atoms with van der Waals surface area (Å²) in [5, 5.41) is 0. The zero-order valence-corrected chi connectivity index (χ0v) is 14.4. The van der Waals surface area contributed by atoms with Crippen molar-refractivity contribution < 1.29 is 13.2 Å². The molecular weight excluding hydrogens is 324 g/mol. The van der Waals surface area contributed by atoms with Crippen LogP contribution in [0.5, 0.6) is 0 Å². The number of halogens is 2. The minimum atomic E-state index is -2.64. The predicted octanol–water partition coefficient (Wildman–Crippen LogP) is 3.72. The van der Waals surface area contributed by atoms with E-state index < -0.39 is 11.3 Å². The highest BCUT2D eigenvalue weighted by Gasteiger charge is 2.59. The lowest BCUT2D eigenvalue weighted by Crippen LogP contribution is -2.56. The molecule has 0 radical (unpaired) electrons. The molecule has 4 heterocycles. The molecule has 25 heavy (non-hydrogen) atoms. The lowest BCUT2D eigenvalue weighted by atomic mass is 9.75. The zero-order valence-electron chi connectivity index (χ0n) is 14.4. The van der Waals surface area contributed by atoms with E-state index in [9.17, 15) is 8.78 Å². The second kappa shape index (κ2) is 6.09. The third kappa shape index (κ3) is 3.03. The number of furan rings is 1. The number of anilines is 1. The van der Waals surface area contributed by atoms with E-state index >= 15 is 0 Å². The van der Waals surface area contributed by atoms with Crippen LogP contribution in [0.2, 0.25) is 0 Å². The summed E-state index contributed by atoms with van der Waals surface area (Å²) in [6.07, 6.45) is 3.87. The molecule has 2 aliphatic rings. The van der Waals surface area contributed by atoms with Crippen LogP contribution in [-0.4, -0.2) is 42.0 Å². The van der Waals surface area contributed by atoms with Gasteiger partial charge in [-0.3, -0.25) is 9.88 Å². The molecule has 2 aliphatic heterocycles. The first-order chi connectivity index (χ1) is 12.0.